The molecule has 190 valence electrons. The largest absolute Gasteiger partial charge is 0.462 e. The van der Waals surface area contributed by atoms with Crippen LogP contribution in [0.3, 0.4) is 0 Å². The summed E-state index contributed by atoms with van der Waals surface area (Å²) in [6, 6.07) is 15.9. The second-order valence-corrected chi connectivity index (χ2v) is 11.7. The maximum Gasteiger partial charge on any atom is 0.341 e. The van der Waals surface area contributed by atoms with Gasteiger partial charge in [0.05, 0.1) is 28.9 Å². The predicted octanol–water partition coefficient (Wildman–Crippen LogP) is 8.16. The Labute approximate surface area is 229 Å². The Morgan fingerprint density at radius 2 is 1.89 bits per heavy atom. The minimum atomic E-state index is -0.357. The van der Waals surface area contributed by atoms with Gasteiger partial charge in [-0.05, 0) is 67.0 Å². The lowest BCUT2D eigenvalue weighted by atomic mass is 9.99. The van der Waals surface area contributed by atoms with Gasteiger partial charge in [0.15, 0.2) is 0 Å². The van der Waals surface area contributed by atoms with Crippen LogP contribution in [-0.2, 0) is 17.6 Å². The van der Waals surface area contributed by atoms with Crippen molar-refractivity contribution in [2.24, 2.45) is 0 Å². The minimum absolute atomic E-state index is 0.269. The quantitative estimate of drug-likeness (QED) is 0.225. The van der Waals surface area contributed by atoms with Gasteiger partial charge in [0.2, 0.25) is 0 Å². The molecule has 1 N–H and O–H groups in total. The SMILES string of the molecule is CCCOC(=O)c1c(NC(=O)c2cc(-c3ccc(C(C)C)cc3)nc3ccc(Br)cc23)sc2c1CCC2. The summed E-state index contributed by atoms with van der Waals surface area (Å²) in [5.41, 5.74) is 5.71. The third kappa shape index (κ3) is 5.20. The lowest BCUT2D eigenvalue weighted by molar-refractivity contribution is 0.0505. The van der Waals surface area contributed by atoms with Crippen molar-refractivity contribution in [1.82, 2.24) is 4.98 Å². The molecule has 2 heterocycles. The Morgan fingerprint density at radius 1 is 1.11 bits per heavy atom. The number of nitrogens with zero attached hydrogens (tertiary/aromatic N) is 1. The van der Waals surface area contributed by atoms with Crippen LogP contribution in [0.5, 0.6) is 0 Å². The Balaban J connectivity index is 1.55. The molecular weight excluding hydrogens is 548 g/mol. The van der Waals surface area contributed by atoms with Gasteiger partial charge in [-0.3, -0.25) is 4.79 Å². The fourth-order valence-corrected chi connectivity index (χ4v) is 6.35. The van der Waals surface area contributed by atoms with Crippen molar-refractivity contribution in [2.75, 3.05) is 11.9 Å². The van der Waals surface area contributed by atoms with E-state index in [0.29, 0.717) is 28.7 Å². The summed E-state index contributed by atoms with van der Waals surface area (Å²) in [6.07, 6.45) is 3.52. The monoisotopic (exact) mass is 576 g/mol. The maximum atomic E-state index is 13.8. The van der Waals surface area contributed by atoms with Crippen molar-refractivity contribution in [3.63, 3.8) is 0 Å². The Bertz CT molecular complexity index is 1490. The van der Waals surface area contributed by atoms with E-state index in [1.54, 1.807) is 0 Å². The van der Waals surface area contributed by atoms with E-state index in [1.807, 2.05) is 31.2 Å². The zero-order valence-corrected chi connectivity index (χ0v) is 23.6. The number of pyridine rings is 1. The molecule has 0 radical (unpaired) electrons. The van der Waals surface area contributed by atoms with Crippen LogP contribution in [0.2, 0.25) is 0 Å². The number of benzene rings is 2. The zero-order valence-electron chi connectivity index (χ0n) is 21.2. The fraction of sp³-hybridized carbons (Fsp3) is 0.300. The lowest BCUT2D eigenvalue weighted by Crippen LogP contribution is -2.16. The molecular formula is C30H29BrN2O3S. The number of thiophene rings is 1. The molecule has 0 spiro atoms. The van der Waals surface area contributed by atoms with E-state index in [9.17, 15) is 9.59 Å². The van der Waals surface area contributed by atoms with Gasteiger partial charge in [0.1, 0.15) is 5.00 Å². The summed E-state index contributed by atoms with van der Waals surface area (Å²) in [4.78, 5) is 32.8. The number of rotatable bonds is 7. The maximum absolute atomic E-state index is 13.8. The number of aromatic nitrogens is 1. The van der Waals surface area contributed by atoms with Crippen LogP contribution in [-0.4, -0.2) is 23.5 Å². The number of nitrogens with one attached hydrogen (secondary N) is 1. The Kier molecular flexibility index (Phi) is 7.45. The first kappa shape index (κ1) is 25.6. The molecule has 5 rings (SSSR count). The van der Waals surface area contributed by atoms with Crippen LogP contribution in [0.15, 0.2) is 53.0 Å². The molecule has 5 nitrogen and oxygen atoms in total. The van der Waals surface area contributed by atoms with Crippen LogP contribution in [0.1, 0.15) is 76.3 Å². The second-order valence-electron chi connectivity index (χ2n) is 9.64. The van der Waals surface area contributed by atoms with Crippen LogP contribution in [0.25, 0.3) is 22.2 Å². The summed E-state index contributed by atoms with van der Waals surface area (Å²) in [7, 11) is 0. The van der Waals surface area contributed by atoms with E-state index in [-0.39, 0.29) is 11.9 Å². The van der Waals surface area contributed by atoms with Crippen molar-refractivity contribution < 1.29 is 14.3 Å². The molecule has 2 aromatic heterocycles. The number of halogens is 1. The Hall–Kier alpha value is -3.03. The summed E-state index contributed by atoms with van der Waals surface area (Å²) in [5, 5.41) is 4.38. The molecule has 4 aromatic rings. The number of esters is 1. The van der Waals surface area contributed by atoms with E-state index in [0.717, 1.165) is 62.8 Å². The lowest BCUT2D eigenvalue weighted by Gasteiger charge is -2.13. The number of hydrogen-bond acceptors (Lipinski definition) is 5. The number of carbonyl (C=O) groups excluding carboxylic acids is 2. The van der Waals surface area contributed by atoms with Crippen molar-refractivity contribution in [3.05, 3.63) is 80.1 Å². The van der Waals surface area contributed by atoms with Gasteiger partial charge >= 0.3 is 5.97 Å². The van der Waals surface area contributed by atoms with Crippen molar-refractivity contribution in [2.45, 2.75) is 52.4 Å². The molecule has 7 heteroatoms. The molecule has 1 amide bonds. The van der Waals surface area contributed by atoms with Crippen LogP contribution < -0.4 is 5.32 Å². The smallest absolute Gasteiger partial charge is 0.341 e. The van der Waals surface area contributed by atoms with Crippen molar-refractivity contribution in [3.8, 4) is 11.3 Å². The number of ether oxygens (including phenoxy) is 1. The van der Waals surface area contributed by atoms with Gasteiger partial charge in [-0.1, -0.05) is 61.0 Å². The molecule has 2 aromatic carbocycles. The first-order valence-corrected chi connectivity index (χ1v) is 14.3. The molecule has 0 saturated carbocycles. The highest BCUT2D eigenvalue weighted by Gasteiger charge is 2.29. The molecule has 1 aliphatic rings. The third-order valence-corrected chi connectivity index (χ3v) is 8.38. The second kappa shape index (κ2) is 10.8. The van der Waals surface area contributed by atoms with Crippen LogP contribution in [0.4, 0.5) is 5.00 Å². The fourth-order valence-electron chi connectivity index (χ4n) is 4.72. The standard InChI is InChI=1S/C30H29BrN2O3S/c1-4-14-36-30(35)27-21-6-5-7-26(21)37-29(27)33-28(34)23-16-25(19-10-8-18(9-11-19)17(2)3)32-24-13-12-20(31)15-22(23)24/h8-13,15-17H,4-7,14H2,1-3H3,(H,33,34). The van der Waals surface area contributed by atoms with E-state index >= 15 is 0 Å². The normalized spacial score (nSPS) is 12.7. The number of amides is 1. The number of carbonyl (C=O) groups is 2. The van der Waals surface area contributed by atoms with Crippen molar-refractivity contribution >= 4 is 55.0 Å². The van der Waals surface area contributed by atoms with Gasteiger partial charge in [-0.25, -0.2) is 9.78 Å². The van der Waals surface area contributed by atoms with Crippen LogP contribution in [0, 0.1) is 0 Å². The number of fused-ring (bicyclic) bond motifs is 2. The molecule has 37 heavy (non-hydrogen) atoms. The van der Waals surface area contributed by atoms with E-state index < -0.39 is 0 Å². The summed E-state index contributed by atoms with van der Waals surface area (Å²) in [5.74, 6) is -0.192. The minimum Gasteiger partial charge on any atom is -0.462 e. The topological polar surface area (TPSA) is 68.3 Å². The van der Waals surface area contributed by atoms with Crippen LogP contribution >= 0.6 is 27.3 Å². The highest BCUT2D eigenvalue weighted by atomic mass is 79.9. The molecule has 0 atom stereocenters. The zero-order chi connectivity index (χ0) is 26.1. The summed E-state index contributed by atoms with van der Waals surface area (Å²) >= 11 is 5.02. The van der Waals surface area contributed by atoms with Gasteiger partial charge in [0, 0.05) is 20.3 Å². The third-order valence-electron chi connectivity index (χ3n) is 6.68. The van der Waals surface area contributed by atoms with Gasteiger partial charge in [-0.2, -0.15) is 0 Å². The highest BCUT2D eigenvalue weighted by molar-refractivity contribution is 9.10. The number of hydrogen-bond donors (Lipinski definition) is 1. The molecule has 0 fully saturated rings. The summed E-state index contributed by atoms with van der Waals surface area (Å²) < 4.78 is 6.34. The number of aryl methyl sites for hydroxylation is 1. The van der Waals surface area contributed by atoms with Gasteiger partial charge in [-0.15, -0.1) is 11.3 Å². The first-order valence-electron chi connectivity index (χ1n) is 12.7. The van der Waals surface area contributed by atoms with E-state index in [1.165, 1.54) is 16.9 Å². The molecule has 1 aliphatic carbocycles. The molecule has 0 bridgehead atoms. The average Bonchev–Trinajstić information content (AvgIpc) is 3.47. The molecule has 0 aliphatic heterocycles. The van der Waals surface area contributed by atoms with Crippen molar-refractivity contribution in [1.29, 1.82) is 0 Å². The molecule has 0 saturated heterocycles. The van der Waals surface area contributed by atoms with Gasteiger partial charge in [0.25, 0.3) is 5.91 Å². The number of anilines is 1. The predicted molar refractivity (Wildman–Crippen MR) is 154 cm³/mol. The average molecular weight is 578 g/mol. The summed E-state index contributed by atoms with van der Waals surface area (Å²) in [6.45, 7) is 6.65. The molecule has 0 unspecified atom stereocenters. The van der Waals surface area contributed by atoms with E-state index in [4.69, 9.17) is 9.72 Å². The first-order chi connectivity index (χ1) is 17.9. The Morgan fingerprint density at radius 3 is 2.62 bits per heavy atom. The highest BCUT2D eigenvalue weighted by Crippen LogP contribution is 2.40. The van der Waals surface area contributed by atoms with E-state index in [2.05, 4.69) is 59.4 Å². The van der Waals surface area contributed by atoms with Gasteiger partial charge < -0.3 is 10.1 Å².